The summed E-state index contributed by atoms with van der Waals surface area (Å²) in [6.07, 6.45) is 7.84. The van der Waals surface area contributed by atoms with E-state index in [1.807, 2.05) is 4.90 Å². The van der Waals surface area contributed by atoms with Crippen molar-refractivity contribution in [1.82, 2.24) is 14.9 Å². The van der Waals surface area contributed by atoms with Crippen molar-refractivity contribution in [2.24, 2.45) is 0 Å². The van der Waals surface area contributed by atoms with E-state index in [2.05, 4.69) is 16.5 Å². The molecule has 0 aliphatic carbocycles. The first-order valence-electron chi connectivity index (χ1n) is 7.15. The van der Waals surface area contributed by atoms with Crippen LogP contribution in [0.25, 0.3) is 0 Å². The Kier molecular flexibility index (Phi) is 5.54. The van der Waals surface area contributed by atoms with Gasteiger partial charge in [0.15, 0.2) is 0 Å². The SMILES string of the molecule is C=CCCC(=O)N1CCCC(Oc2nccnc2OC)C1. The summed E-state index contributed by atoms with van der Waals surface area (Å²) in [5.41, 5.74) is 0. The topological polar surface area (TPSA) is 64.6 Å². The molecule has 1 unspecified atom stereocenters. The molecule has 1 aromatic heterocycles. The summed E-state index contributed by atoms with van der Waals surface area (Å²) in [6.45, 7) is 5.01. The van der Waals surface area contributed by atoms with Crippen LogP contribution in [0.4, 0.5) is 0 Å². The number of piperidine rings is 1. The molecule has 1 aromatic rings. The summed E-state index contributed by atoms with van der Waals surface area (Å²) in [5, 5.41) is 0. The molecule has 21 heavy (non-hydrogen) atoms. The zero-order valence-electron chi connectivity index (χ0n) is 12.3. The van der Waals surface area contributed by atoms with Gasteiger partial charge in [0.05, 0.1) is 13.7 Å². The zero-order chi connectivity index (χ0) is 15.1. The highest BCUT2D eigenvalue weighted by Gasteiger charge is 2.25. The summed E-state index contributed by atoms with van der Waals surface area (Å²) in [7, 11) is 1.53. The van der Waals surface area contributed by atoms with E-state index in [0.29, 0.717) is 31.1 Å². The molecule has 1 fully saturated rings. The van der Waals surface area contributed by atoms with Gasteiger partial charge in [-0.05, 0) is 19.3 Å². The maximum absolute atomic E-state index is 12.0. The lowest BCUT2D eigenvalue weighted by molar-refractivity contribution is -0.133. The maximum atomic E-state index is 12.0. The molecule has 6 nitrogen and oxygen atoms in total. The summed E-state index contributed by atoms with van der Waals surface area (Å²) >= 11 is 0. The fourth-order valence-electron chi connectivity index (χ4n) is 2.34. The van der Waals surface area contributed by atoms with E-state index in [1.54, 1.807) is 18.5 Å². The molecule has 1 atom stereocenters. The van der Waals surface area contributed by atoms with Gasteiger partial charge in [-0.1, -0.05) is 6.08 Å². The van der Waals surface area contributed by atoms with Gasteiger partial charge in [-0.3, -0.25) is 4.79 Å². The molecule has 1 aliphatic rings. The monoisotopic (exact) mass is 291 g/mol. The van der Waals surface area contributed by atoms with Crippen molar-refractivity contribution >= 4 is 5.91 Å². The number of hydrogen-bond donors (Lipinski definition) is 0. The highest BCUT2D eigenvalue weighted by molar-refractivity contribution is 5.76. The van der Waals surface area contributed by atoms with E-state index in [1.165, 1.54) is 7.11 Å². The molecule has 0 saturated carbocycles. The summed E-state index contributed by atoms with van der Waals surface area (Å²) in [4.78, 5) is 22.1. The minimum absolute atomic E-state index is 0.0722. The minimum Gasteiger partial charge on any atom is -0.477 e. The van der Waals surface area contributed by atoms with Crippen LogP contribution in [0.2, 0.25) is 0 Å². The summed E-state index contributed by atoms with van der Waals surface area (Å²) < 4.78 is 11.0. The molecule has 1 aliphatic heterocycles. The predicted molar refractivity (Wildman–Crippen MR) is 78.2 cm³/mol. The van der Waals surface area contributed by atoms with Crippen molar-refractivity contribution in [2.75, 3.05) is 20.2 Å². The number of ether oxygens (including phenoxy) is 2. The molecule has 0 aromatic carbocycles. The van der Waals surface area contributed by atoms with Crippen molar-refractivity contribution in [3.8, 4) is 11.8 Å². The van der Waals surface area contributed by atoms with E-state index in [9.17, 15) is 4.79 Å². The summed E-state index contributed by atoms with van der Waals surface area (Å²) in [5.74, 6) is 0.896. The highest BCUT2D eigenvalue weighted by Crippen LogP contribution is 2.24. The molecular weight excluding hydrogens is 270 g/mol. The van der Waals surface area contributed by atoms with Crippen molar-refractivity contribution in [2.45, 2.75) is 31.8 Å². The smallest absolute Gasteiger partial charge is 0.278 e. The standard InChI is InChI=1S/C15H21N3O3/c1-3-4-7-13(19)18-10-5-6-12(11-18)21-15-14(20-2)16-8-9-17-15/h3,8-9,12H,1,4-7,10-11H2,2H3. The second-order valence-corrected chi connectivity index (χ2v) is 4.92. The number of methoxy groups -OCH3 is 1. The van der Waals surface area contributed by atoms with Crippen molar-refractivity contribution in [3.63, 3.8) is 0 Å². The third-order valence-electron chi connectivity index (χ3n) is 3.40. The van der Waals surface area contributed by atoms with Crippen LogP contribution < -0.4 is 9.47 Å². The van der Waals surface area contributed by atoms with E-state index in [-0.39, 0.29) is 12.0 Å². The van der Waals surface area contributed by atoms with Gasteiger partial charge in [0.2, 0.25) is 5.91 Å². The van der Waals surface area contributed by atoms with E-state index >= 15 is 0 Å². The van der Waals surface area contributed by atoms with Crippen LogP contribution in [-0.4, -0.2) is 47.1 Å². The first-order chi connectivity index (χ1) is 10.2. The lowest BCUT2D eigenvalue weighted by atomic mass is 10.1. The predicted octanol–water partition coefficient (Wildman–Crippen LogP) is 1.82. The Morgan fingerprint density at radius 3 is 2.95 bits per heavy atom. The molecule has 1 amide bonds. The van der Waals surface area contributed by atoms with Crippen LogP contribution in [0, 0.1) is 0 Å². The highest BCUT2D eigenvalue weighted by atomic mass is 16.5. The quantitative estimate of drug-likeness (QED) is 0.748. The Morgan fingerprint density at radius 1 is 1.48 bits per heavy atom. The molecule has 0 bridgehead atoms. The Labute approximate surface area is 124 Å². The molecule has 0 radical (unpaired) electrons. The van der Waals surface area contributed by atoms with E-state index < -0.39 is 0 Å². The number of allylic oxidation sites excluding steroid dienone is 1. The largest absolute Gasteiger partial charge is 0.477 e. The fraction of sp³-hybridized carbons (Fsp3) is 0.533. The average molecular weight is 291 g/mol. The zero-order valence-corrected chi connectivity index (χ0v) is 12.3. The van der Waals surface area contributed by atoms with Crippen molar-refractivity contribution < 1.29 is 14.3 Å². The second-order valence-electron chi connectivity index (χ2n) is 4.92. The van der Waals surface area contributed by atoms with Crippen molar-refractivity contribution in [1.29, 1.82) is 0 Å². The summed E-state index contributed by atoms with van der Waals surface area (Å²) in [6, 6.07) is 0. The van der Waals surface area contributed by atoms with Gasteiger partial charge in [0, 0.05) is 25.4 Å². The maximum Gasteiger partial charge on any atom is 0.278 e. The fourth-order valence-corrected chi connectivity index (χ4v) is 2.34. The normalized spacial score (nSPS) is 18.1. The van der Waals surface area contributed by atoms with Crippen LogP contribution in [0.1, 0.15) is 25.7 Å². The number of nitrogens with zero attached hydrogens (tertiary/aromatic N) is 3. The van der Waals surface area contributed by atoms with Crippen LogP contribution in [0.3, 0.4) is 0 Å². The van der Waals surface area contributed by atoms with Gasteiger partial charge in [-0.15, -0.1) is 6.58 Å². The number of amides is 1. The Bertz CT molecular complexity index is 493. The third kappa shape index (κ3) is 4.18. The average Bonchev–Trinajstić information content (AvgIpc) is 2.53. The van der Waals surface area contributed by atoms with Gasteiger partial charge in [-0.2, -0.15) is 0 Å². The van der Waals surface area contributed by atoms with Crippen molar-refractivity contribution in [3.05, 3.63) is 25.0 Å². The van der Waals surface area contributed by atoms with Gasteiger partial charge in [0.1, 0.15) is 6.10 Å². The van der Waals surface area contributed by atoms with Crippen LogP contribution in [-0.2, 0) is 4.79 Å². The first kappa shape index (κ1) is 15.3. The third-order valence-corrected chi connectivity index (χ3v) is 3.40. The molecule has 2 heterocycles. The molecule has 0 spiro atoms. The molecule has 114 valence electrons. The number of carbonyl (C=O) groups is 1. The number of hydrogen-bond acceptors (Lipinski definition) is 5. The lowest BCUT2D eigenvalue weighted by Crippen LogP contribution is -2.44. The Balaban J connectivity index is 1.94. The van der Waals surface area contributed by atoms with E-state index in [4.69, 9.17) is 9.47 Å². The number of likely N-dealkylation sites (tertiary alicyclic amines) is 1. The number of rotatable bonds is 6. The lowest BCUT2D eigenvalue weighted by Gasteiger charge is -2.32. The van der Waals surface area contributed by atoms with Gasteiger partial charge < -0.3 is 14.4 Å². The van der Waals surface area contributed by atoms with E-state index in [0.717, 1.165) is 19.4 Å². The van der Waals surface area contributed by atoms with Crippen LogP contribution in [0.15, 0.2) is 25.0 Å². The van der Waals surface area contributed by atoms with Gasteiger partial charge in [-0.25, -0.2) is 9.97 Å². The Morgan fingerprint density at radius 2 is 2.24 bits per heavy atom. The number of carbonyl (C=O) groups excluding carboxylic acids is 1. The van der Waals surface area contributed by atoms with Crippen LogP contribution in [0.5, 0.6) is 11.8 Å². The molecular formula is C15H21N3O3. The minimum atomic E-state index is -0.0722. The molecule has 1 saturated heterocycles. The molecule has 2 rings (SSSR count). The Hall–Kier alpha value is -2.11. The number of aromatic nitrogens is 2. The van der Waals surface area contributed by atoms with Crippen LogP contribution >= 0.6 is 0 Å². The molecule has 6 heteroatoms. The molecule has 0 N–H and O–H groups in total. The van der Waals surface area contributed by atoms with Gasteiger partial charge in [0.25, 0.3) is 11.8 Å². The second kappa shape index (κ2) is 7.61. The first-order valence-corrected chi connectivity index (χ1v) is 7.15. The van der Waals surface area contributed by atoms with Gasteiger partial charge >= 0.3 is 0 Å².